The molecule has 1 aliphatic carbocycles. The van der Waals surface area contributed by atoms with Gasteiger partial charge in [-0.05, 0) is 44.0 Å². The van der Waals surface area contributed by atoms with Gasteiger partial charge in [-0.15, -0.1) is 5.10 Å². The fraction of sp³-hybridized carbons (Fsp3) is 0.348. The molecule has 0 saturated heterocycles. The highest BCUT2D eigenvalue weighted by Gasteiger charge is 2.53. The topological polar surface area (TPSA) is 95.7 Å². The summed E-state index contributed by atoms with van der Waals surface area (Å²) in [6.45, 7) is 3.66. The monoisotopic (exact) mass is 475 g/mol. The number of aromatic nitrogens is 2. The van der Waals surface area contributed by atoms with Gasteiger partial charge in [-0.1, -0.05) is 35.8 Å². The Kier molecular flexibility index (Phi) is 6.16. The van der Waals surface area contributed by atoms with Crippen LogP contribution in [-0.4, -0.2) is 35.4 Å². The highest BCUT2D eigenvalue weighted by Crippen LogP contribution is 2.50. The van der Waals surface area contributed by atoms with Crippen molar-refractivity contribution in [3.63, 3.8) is 0 Å². The molecule has 1 N–H and O–H groups in total. The van der Waals surface area contributed by atoms with E-state index in [9.17, 15) is 9.18 Å². The first-order valence-electron chi connectivity index (χ1n) is 10.2. The van der Waals surface area contributed by atoms with Crippen molar-refractivity contribution >= 4 is 17.5 Å². The number of rotatable bonds is 8. The summed E-state index contributed by atoms with van der Waals surface area (Å²) in [5.41, 5.74) is -0.893. The second-order valence-corrected chi connectivity index (χ2v) is 8.92. The van der Waals surface area contributed by atoms with Crippen LogP contribution in [0.4, 0.5) is 4.39 Å². The summed E-state index contributed by atoms with van der Waals surface area (Å²) in [4.78, 5) is 12.4. The Balaban J connectivity index is 1.32. The van der Waals surface area contributed by atoms with Crippen molar-refractivity contribution in [1.82, 2.24) is 15.5 Å². The van der Waals surface area contributed by atoms with Gasteiger partial charge in [-0.3, -0.25) is 4.79 Å². The lowest BCUT2D eigenvalue weighted by atomic mass is 9.59. The number of amides is 1. The van der Waals surface area contributed by atoms with Crippen molar-refractivity contribution in [3.8, 4) is 23.3 Å². The molecule has 3 aromatic rings. The maximum atomic E-state index is 13.5. The Labute approximate surface area is 195 Å². The van der Waals surface area contributed by atoms with Gasteiger partial charge in [0, 0.05) is 11.6 Å². The van der Waals surface area contributed by atoms with Crippen molar-refractivity contribution < 1.29 is 27.8 Å². The van der Waals surface area contributed by atoms with E-state index in [2.05, 4.69) is 15.5 Å². The Morgan fingerprint density at radius 3 is 2.61 bits per heavy atom. The molecule has 4 rings (SSSR count). The Hall–Kier alpha value is -3.33. The van der Waals surface area contributed by atoms with Crippen molar-refractivity contribution in [2.45, 2.75) is 37.6 Å². The molecule has 33 heavy (non-hydrogen) atoms. The number of ether oxygens (including phenoxy) is 3. The smallest absolute Gasteiger partial charge is 0.420 e. The van der Waals surface area contributed by atoms with Gasteiger partial charge in [0.05, 0.1) is 17.5 Å². The second kappa shape index (κ2) is 8.90. The Bertz CT molecular complexity index is 1160. The fourth-order valence-corrected chi connectivity index (χ4v) is 4.41. The lowest BCUT2D eigenvalue weighted by molar-refractivity contribution is -0.127. The zero-order chi connectivity index (χ0) is 23.6. The van der Waals surface area contributed by atoms with Gasteiger partial charge < -0.3 is 23.9 Å². The Morgan fingerprint density at radius 1 is 1.18 bits per heavy atom. The van der Waals surface area contributed by atoms with Gasteiger partial charge in [-0.25, -0.2) is 4.39 Å². The number of benzene rings is 2. The van der Waals surface area contributed by atoms with Crippen LogP contribution in [-0.2, 0) is 10.2 Å². The third kappa shape index (κ3) is 5.03. The summed E-state index contributed by atoms with van der Waals surface area (Å²) in [6, 6.07) is 11.2. The maximum Gasteiger partial charge on any atom is 0.420 e. The molecule has 0 bridgehead atoms. The standard InChI is InChI=1S/C23H23ClFN3O5/c1-22(20-27-28-21(33-20)32-18-7-5-4-6-17(18)30-3)12-23(2,13-22)26-19(29)11-31-14-8-9-15(24)16(25)10-14/h4-10H,11-13H2,1-3H3,(H,26,29). The quantitative estimate of drug-likeness (QED) is 0.505. The first-order chi connectivity index (χ1) is 15.7. The number of methoxy groups -OCH3 is 1. The SMILES string of the molecule is COc1ccccc1Oc1nnc(C2(C)CC(C)(NC(=O)COc3ccc(Cl)c(F)c3)C2)o1. The third-order valence-corrected chi connectivity index (χ3v) is 5.76. The predicted octanol–water partition coefficient (Wildman–Crippen LogP) is 4.67. The molecule has 8 nitrogen and oxygen atoms in total. The molecule has 2 aromatic carbocycles. The number of para-hydroxylation sites is 2. The fourth-order valence-electron chi connectivity index (χ4n) is 4.29. The molecule has 1 aromatic heterocycles. The molecule has 0 atom stereocenters. The minimum absolute atomic E-state index is 0.00875. The van der Waals surface area contributed by atoms with E-state index in [1.54, 1.807) is 19.2 Å². The van der Waals surface area contributed by atoms with Crippen LogP contribution in [0.1, 0.15) is 32.6 Å². The molecule has 1 amide bonds. The lowest BCUT2D eigenvalue weighted by Crippen LogP contribution is -2.61. The average molecular weight is 476 g/mol. The number of hydrogen-bond donors (Lipinski definition) is 1. The molecule has 1 saturated carbocycles. The van der Waals surface area contributed by atoms with Gasteiger partial charge in [0.15, 0.2) is 18.1 Å². The van der Waals surface area contributed by atoms with E-state index in [0.29, 0.717) is 30.2 Å². The molecule has 0 unspecified atom stereocenters. The summed E-state index contributed by atoms with van der Waals surface area (Å²) in [5, 5.41) is 11.1. The van der Waals surface area contributed by atoms with Crippen molar-refractivity contribution in [3.05, 3.63) is 59.2 Å². The number of halogens is 2. The molecule has 1 heterocycles. The van der Waals surface area contributed by atoms with Crippen LogP contribution in [0.25, 0.3) is 0 Å². The van der Waals surface area contributed by atoms with E-state index in [0.717, 1.165) is 6.07 Å². The number of nitrogens with zero attached hydrogens (tertiary/aromatic N) is 2. The van der Waals surface area contributed by atoms with Crippen LogP contribution >= 0.6 is 11.6 Å². The minimum atomic E-state index is -0.607. The molecular weight excluding hydrogens is 453 g/mol. The van der Waals surface area contributed by atoms with Crippen LogP contribution in [0.15, 0.2) is 46.9 Å². The van der Waals surface area contributed by atoms with Gasteiger partial charge >= 0.3 is 6.08 Å². The predicted molar refractivity (Wildman–Crippen MR) is 117 cm³/mol. The number of nitrogens with one attached hydrogen (secondary N) is 1. The van der Waals surface area contributed by atoms with E-state index < -0.39 is 16.8 Å². The molecule has 0 radical (unpaired) electrons. The normalized spacial score (nSPS) is 21.7. The van der Waals surface area contributed by atoms with Crippen LogP contribution in [0.2, 0.25) is 5.02 Å². The number of carbonyl (C=O) groups is 1. The minimum Gasteiger partial charge on any atom is -0.493 e. The van der Waals surface area contributed by atoms with Gasteiger partial charge in [0.2, 0.25) is 5.89 Å². The van der Waals surface area contributed by atoms with Crippen molar-refractivity contribution in [2.24, 2.45) is 0 Å². The van der Waals surface area contributed by atoms with E-state index in [4.69, 9.17) is 30.2 Å². The van der Waals surface area contributed by atoms with Crippen LogP contribution in [0.3, 0.4) is 0 Å². The summed E-state index contributed by atoms with van der Waals surface area (Å²) >= 11 is 5.65. The molecule has 0 spiro atoms. The average Bonchev–Trinajstić information content (AvgIpc) is 3.23. The molecule has 174 valence electrons. The van der Waals surface area contributed by atoms with Crippen molar-refractivity contribution in [2.75, 3.05) is 13.7 Å². The first kappa shape index (κ1) is 22.8. The Morgan fingerprint density at radius 2 is 1.91 bits per heavy atom. The number of hydrogen-bond acceptors (Lipinski definition) is 7. The zero-order valence-electron chi connectivity index (χ0n) is 18.4. The number of carbonyl (C=O) groups excluding carboxylic acids is 1. The van der Waals surface area contributed by atoms with E-state index in [1.165, 1.54) is 12.1 Å². The molecule has 1 aliphatic rings. The van der Waals surface area contributed by atoms with Gasteiger partial charge in [-0.2, -0.15) is 0 Å². The lowest BCUT2D eigenvalue weighted by Gasteiger charge is -2.51. The first-order valence-corrected chi connectivity index (χ1v) is 10.6. The van der Waals surface area contributed by atoms with Gasteiger partial charge in [0.25, 0.3) is 5.91 Å². The molecule has 0 aliphatic heterocycles. The second-order valence-electron chi connectivity index (χ2n) is 8.51. The zero-order valence-corrected chi connectivity index (χ0v) is 19.1. The van der Waals surface area contributed by atoms with Gasteiger partial charge in [0.1, 0.15) is 11.6 Å². The van der Waals surface area contributed by atoms with Crippen LogP contribution < -0.4 is 19.5 Å². The third-order valence-electron chi connectivity index (χ3n) is 5.45. The van der Waals surface area contributed by atoms with E-state index in [-0.39, 0.29) is 29.4 Å². The summed E-state index contributed by atoms with van der Waals surface area (Å²) in [6.07, 6.45) is 1.17. The highest BCUT2D eigenvalue weighted by atomic mass is 35.5. The summed E-state index contributed by atoms with van der Waals surface area (Å²) in [7, 11) is 1.55. The maximum absolute atomic E-state index is 13.5. The van der Waals surface area contributed by atoms with Crippen molar-refractivity contribution in [1.29, 1.82) is 0 Å². The highest BCUT2D eigenvalue weighted by molar-refractivity contribution is 6.30. The molecule has 1 fully saturated rings. The molecular formula is C23H23ClFN3O5. The van der Waals surface area contributed by atoms with Crippen LogP contribution in [0.5, 0.6) is 23.3 Å². The van der Waals surface area contributed by atoms with E-state index in [1.807, 2.05) is 26.0 Å². The van der Waals surface area contributed by atoms with E-state index >= 15 is 0 Å². The molecule has 10 heteroatoms. The summed E-state index contributed by atoms with van der Waals surface area (Å²) < 4.78 is 35.5. The van der Waals surface area contributed by atoms with Crippen LogP contribution in [0, 0.1) is 5.82 Å². The summed E-state index contributed by atoms with van der Waals surface area (Å²) in [5.74, 6) is 0.735. The largest absolute Gasteiger partial charge is 0.493 e.